The highest BCUT2D eigenvalue weighted by Crippen LogP contribution is 2.31. The molecule has 2 aromatic heterocycles. The lowest BCUT2D eigenvalue weighted by Gasteiger charge is -2.09. The van der Waals surface area contributed by atoms with Gasteiger partial charge in [-0.15, -0.1) is 13.2 Å². The lowest BCUT2D eigenvalue weighted by Crippen LogP contribution is -2.16. The number of aliphatic imine (C=N–C) groups is 1. The molecule has 0 saturated carbocycles. The largest absolute Gasteiger partial charge is 0.573 e. The van der Waals surface area contributed by atoms with Gasteiger partial charge in [0.25, 0.3) is 0 Å². The molecule has 0 atom stereocenters. The molecule has 0 unspecified atom stereocenters. The number of aromatic amines is 2. The number of halogens is 3. The van der Waals surface area contributed by atoms with Gasteiger partial charge in [-0.1, -0.05) is 58.3 Å². The molecule has 5 nitrogen and oxygen atoms in total. The lowest BCUT2D eigenvalue weighted by molar-refractivity contribution is -0.274. The Bertz CT molecular complexity index is 1010. The number of alkyl halides is 3. The maximum Gasteiger partial charge on any atom is 0.573 e. The molecule has 0 bridgehead atoms. The van der Waals surface area contributed by atoms with Gasteiger partial charge in [-0.05, 0) is 42.8 Å². The number of H-pyrrole nitrogens is 2. The van der Waals surface area contributed by atoms with E-state index < -0.39 is 6.36 Å². The summed E-state index contributed by atoms with van der Waals surface area (Å²) in [6.45, 7) is 2.97. The fourth-order valence-electron chi connectivity index (χ4n) is 3.78. The van der Waals surface area contributed by atoms with Gasteiger partial charge in [0.05, 0.1) is 11.4 Å². The molecule has 8 heteroatoms. The molecule has 0 radical (unpaired) electrons. The molecule has 0 amide bonds. The Labute approximate surface area is 204 Å². The molecule has 35 heavy (non-hydrogen) atoms. The van der Waals surface area contributed by atoms with Gasteiger partial charge in [0.1, 0.15) is 17.2 Å². The summed E-state index contributed by atoms with van der Waals surface area (Å²) in [4.78, 5) is 11.0. The third-order valence-electron chi connectivity index (χ3n) is 5.59. The van der Waals surface area contributed by atoms with E-state index in [-0.39, 0.29) is 5.75 Å². The third kappa shape index (κ3) is 9.54. The maximum absolute atomic E-state index is 12.4. The minimum atomic E-state index is -4.73. The van der Waals surface area contributed by atoms with Gasteiger partial charge in [-0.3, -0.25) is 4.99 Å². The van der Waals surface area contributed by atoms with Crippen molar-refractivity contribution in [1.29, 1.82) is 0 Å². The molecule has 1 aromatic carbocycles. The predicted molar refractivity (Wildman–Crippen MR) is 133 cm³/mol. The number of benzene rings is 1. The van der Waals surface area contributed by atoms with E-state index in [9.17, 15) is 13.2 Å². The number of hydrogen-bond acceptors (Lipinski definition) is 3. The fraction of sp³-hybridized carbons (Fsp3) is 0.444. The highest BCUT2D eigenvalue weighted by Gasteiger charge is 2.31. The van der Waals surface area contributed by atoms with Crippen LogP contribution in [0.2, 0.25) is 0 Å². The van der Waals surface area contributed by atoms with E-state index in [2.05, 4.69) is 26.6 Å². The molecule has 0 aliphatic heterocycles. The summed E-state index contributed by atoms with van der Waals surface area (Å²) in [5, 5.41) is 0. The van der Waals surface area contributed by atoms with E-state index in [0.717, 1.165) is 24.4 Å². The zero-order valence-corrected chi connectivity index (χ0v) is 20.2. The highest BCUT2D eigenvalue weighted by molar-refractivity contribution is 5.84. The number of ether oxygens (including phenoxy) is 2. The molecule has 0 aliphatic carbocycles. The number of hydrogen-bond donors (Lipinski definition) is 2. The summed E-state index contributed by atoms with van der Waals surface area (Å²) in [5.41, 5.74) is 2.41. The second-order valence-electron chi connectivity index (χ2n) is 8.53. The topological polar surface area (TPSA) is 62.4 Å². The Morgan fingerprint density at radius 1 is 0.857 bits per heavy atom. The Hall–Kier alpha value is -3.16. The van der Waals surface area contributed by atoms with Crippen LogP contribution in [-0.4, -0.2) is 29.1 Å². The Morgan fingerprint density at radius 3 is 2.14 bits per heavy atom. The maximum atomic E-state index is 12.4. The summed E-state index contributed by atoms with van der Waals surface area (Å²) in [6.07, 6.45) is 10.2. The first-order valence-electron chi connectivity index (χ1n) is 12.3. The molecule has 2 heterocycles. The van der Waals surface area contributed by atoms with Crippen molar-refractivity contribution in [2.45, 2.75) is 71.1 Å². The van der Waals surface area contributed by atoms with Crippen molar-refractivity contribution in [2.24, 2.45) is 4.99 Å². The van der Waals surface area contributed by atoms with Crippen LogP contribution >= 0.6 is 0 Å². The lowest BCUT2D eigenvalue weighted by atomic mass is 10.1. The van der Waals surface area contributed by atoms with E-state index in [0.29, 0.717) is 17.2 Å². The molecule has 0 spiro atoms. The van der Waals surface area contributed by atoms with Gasteiger partial charge >= 0.3 is 6.36 Å². The van der Waals surface area contributed by atoms with Gasteiger partial charge < -0.3 is 19.4 Å². The van der Waals surface area contributed by atoms with Crippen LogP contribution in [0, 0.1) is 0 Å². The quantitative estimate of drug-likeness (QED) is 0.166. The van der Waals surface area contributed by atoms with Crippen LogP contribution in [0.25, 0.3) is 11.4 Å². The summed E-state index contributed by atoms with van der Waals surface area (Å²) in [5.74, 6) is 0.633. The van der Waals surface area contributed by atoms with Gasteiger partial charge in [0.15, 0.2) is 5.75 Å². The van der Waals surface area contributed by atoms with Crippen LogP contribution in [-0.2, 0) is 0 Å². The van der Waals surface area contributed by atoms with E-state index in [1.807, 2.05) is 24.4 Å². The average Bonchev–Trinajstić information content (AvgIpc) is 3.48. The second kappa shape index (κ2) is 13.7. The Kier molecular flexibility index (Phi) is 10.3. The molecule has 3 aromatic rings. The molecule has 0 saturated heterocycles. The molecule has 3 rings (SSSR count). The molecular formula is C27H34F3N3O2. The fourth-order valence-corrected chi connectivity index (χ4v) is 3.78. The van der Waals surface area contributed by atoms with Gasteiger partial charge in [0, 0.05) is 25.0 Å². The van der Waals surface area contributed by atoms with Crippen LogP contribution in [0.3, 0.4) is 0 Å². The van der Waals surface area contributed by atoms with Crippen molar-refractivity contribution in [1.82, 2.24) is 9.97 Å². The minimum absolute atomic E-state index is 0.297. The van der Waals surface area contributed by atoms with E-state index >= 15 is 0 Å². The number of rotatable bonds is 15. The van der Waals surface area contributed by atoms with Crippen molar-refractivity contribution in [3.05, 3.63) is 54.4 Å². The van der Waals surface area contributed by atoms with Gasteiger partial charge in [0.2, 0.25) is 0 Å². The monoisotopic (exact) mass is 489 g/mol. The Morgan fingerprint density at radius 2 is 1.51 bits per heavy atom. The first kappa shape index (κ1) is 26.4. The summed E-state index contributed by atoms with van der Waals surface area (Å²) in [6, 6.07) is 11.0. The van der Waals surface area contributed by atoms with Crippen molar-refractivity contribution in [3.63, 3.8) is 0 Å². The highest BCUT2D eigenvalue weighted by atomic mass is 19.4. The molecule has 190 valence electrons. The van der Waals surface area contributed by atoms with E-state index in [4.69, 9.17) is 4.74 Å². The van der Waals surface area contributed by atoms with E-state index in [1.54, 1.807) is 6.21 Å². The predicted octanol–water partition coefficient (Wildman–Crippen LogP) is 8.65. The van der Waals surface area contributed by atoms with Crippen LogP contribution < -0.4 is 9.47 Å². The second-order valence-corrected chi connectivity index (χ2v) is 8.53. The zero-order valence-electron chi connectivity index (χ0n) is 20.2. The minimum Gasteiger partial charge on any atom is -0.455 e. The number of nitrogens with zero attached hydrogens (tertiary/aromatic N) is 1. The van der Waals surface area contributed by atoms with Crippen LogP contribution in [0.1, 0.15) is 70.4 Å². The summed E-state index contributed by atoms with van der Waals surface area (Å²) >= 11 is 0. The summed E-state index contributed by atoms with van der Waals surface area (Å²) < 4.78 is 47.1. The molecule has 2 N–H and O–H groups in total. The van der Waals surface area contributed by atoms with Crippen molar-refractivity contribution < 1.29 is 22.6 Å². The van der Waals surface area contributed by atoms with Crippen molar-refractivity contribution >= 4 is 6.21 Å². The number of nitrogens with one attached hydrogen (secondary N) is 2. The normalized spacial score (nSPS) is 11.9. The number of aromatic nitrogens is 2. The van der Waals surface area contributed by atoms with E-state index in [1.165, 1.54) is 75.6 Å². The van der Waals surface area contributed by atoms with Crippen molar-refractivity contribution in [3.8, 4) is 28.6 Å². The number of unbranched alkanes of at least 4 members (excludes halogenated alkanes) is 8. The van der Waals surface area contributed by atoms with Crippen LogP contribution in [0.5, 0.6) is 17.2 Å². The van der Waals surface area contributed by atoms with Gasteiger partial charge in [-0.25, -0.2) is 0 Å². The third-order valence-corrected chi connectivity index (χ3v) is 5.59. The standard InChI is InChI=1S/C27H34F3N3O2/c1-2-3-4-5-6-7-8-9-10-17-31-20-25-26(19-24(33-25)23-12-11-18-32-23)34-21-13-15-22(16-14-21)35-27(28,29)30/h11-16,18-20,32-33H,2-10,17H2,1H3. The first-order chi connectivity index (χ1) is 16.9. The molecular weight excluding hydrogens is 455 g/mol. The van der Waals surface area contributed by atoms with Crippen LogP contribution in [0.15, 0.2) is 53.7 Å². The van der Waals surface area contributed by atoms with Crippen LogP contribution in [0.4, 0.5) is 13.2 Å². The molecule has 0 aliphatic rings. The average molecular weight is 490 g/mol. The zero-order chi connectivity index (χ0) is 24.9. The van der Waals surface area contributed by atoms with Crippen molar-refractivity contribution in [2.75, 3.05) is 6.54 Å². The SMILES string of the molecule is CCCCCCCCCCCN=Cc1[nH]c(-c2ccc[nH]2)cc1Oc1ccc(OC(F)(F)F)cc1. The smallest absolute Gasteiger partial charge is 0.455 e. The first-order valence-corrected chi connectivity index (χ1v) is 12.3. The Balaban J connectivity index is 1.55. The summed E-state index contributed by atoms with van der Waals surface area (Å²) in [7, 11) is 0. The van der Waals surface area contributed by atoms with Gasteiger partial charge in [-0.2, -0.15) is 0 Å². The molecule has 0 fully saturated rings.